The number of thiocarbonyl (C=S) groups is 1. The summed E-state index contributed by atoms with van der Waals surface area (Å²) < 4.78 is 13.1. The fraction of sp³-hybridized carbons (Fsp3) is 0.333. The van der Waals surface area contributed by atoms with Crippen molar-refractivity contribution in [2.24, 2.45) is 0 Å². The highest BCUT2D eigenvalue weighted by Gasteiger charge is 2.42. The van der Waals surface area contributed by atoms with Gasteiger partial charge in [-0.2, -0.15) is 0 Å². The van der Waals surface area contributed by atoms with E-state index < -0.39 is 0 Å². The Hall–Kier alpha value is -2.90. The lowest BCUT2D eigenvalue weighted by molar-refractivity contribution is 0.186. The summed E-state index contributed by atoms with van der Waals surface area (Å²) in [6.45, 7) is 5.78. The van der Waals surface area contributed by atoms with Crippen molar-refractivity contribution in [1.29, 1.82) is 0 Å². The van der Waals surface area contributed by atoms with Crippen LogP contribution in [0, 0.1) is 13.8 Å². The molecule has 0 amide bonds. The standard InChI is InChI=1S/C24H28N4O2S/c1-16-14-20(17(2)27(16)12-13-29-3)23-22(21-10-5-6-11-25-21)26-24(31)28(23)18-8-7-9-19(15-18)30-4/h5-11,14-15,22-23H,12-13H2,1-4H3,(H,26,31)/t22-,23+/m0/s1. The van der Waals surface area contributed by atoms with Crippen molar-refractivity contribution in [3.8, 4) is 5.75 Å². The minimum absolute atomic E-state index is 0.0444. The maximum Gasteiger partial charge on any atom is 0.174 e. The minimum Gasteiger partial charge on any atom is -0.497 e. The smallest absolute Gasteiger partial charge is 0.174 e. The van der Waals surface area contributed by atoms with E-state index in [0.29, 0.717) is 11.7 Å². The third-order valence-corrected chi connectivity index (χ3v) is 6.19. The summed E-state index contributed by atoms with van der Waals surface area (Å²) in [5, 5.41) is 4.20. The van der Waals surface area contributed by atoms with Crippen LogP contribution >= 0.6 is 12.2 Å². The third kappa shape index (κ3) is 4.03. The van der Waals surface area contributed by atoms with E-state index in [-0.39, 0.29) is 12.1 Å². The topological polar surface area (TPSA) is 51.5 Å². The fourth-order valence-electron chi connectivity index (χ4n) is 4.36. The zero-order chi connectivity index (χ0) is 22.0. The van der Waals surface area contributed by atoms with Gasteiger partial charge in [-0.05, 0) is 62.0 Å². The molecule has 1 fully saturated rings. The number of aromatic nitrogens is 2. The van der Waals surface area contributed by atoms with Gasteiger partial charge in [0.2, 0.25) is 0 Å². The fourth-order valence-corrected chi connectivity index (χ4v) is 4.71. The Labute approximate surface area is 188 Å². The molecule has 3 heterocycles. The van der Waals surface area contributed by atoms with Gasteiger partial charge in [-0.3, -0.25) is 4.98 Å². The molecular weight excluding hydrogens is 408 g/mol. The molecular formula is C24H28N4O2S. The molecule has 1 saturated heterocycles. The predicted molar refractivity (Wildman–Crippen MR) is 127 cm³/mol. The van der Waals surface area contributed by atoms with Crippen LogP contribution in [0.5, 0.6) is 5.75 Å². The summed E-state index contributed by atoms with van der Waals surface area (Å²) in [7, 11) is 3.41. The molecule has 7 heteroatoms. The molecule has 0 spiro atoms. The number of nitrogens with zero attached hydrogens (tertiary/aromatic N) is 3. The number of anilines is 1. The van der Waals surface area contributed by atoms with Gasteiger partial charge in [0, 0.05) is 43.0 Å². The average Bonchev–Trinajstić information content (AvgIpc) is 3.28. The first-order chi connectivity index (χ1) is 15.0. The number of nitrogens with one attached hydrogen (secondary N) is 1. The SMILES string of the molecule is COCCn1c(C)cc([C@@H]2[C@H](c3ccccn3)NC(=S)N2c2cccc(OC)c2)c1C. The van der Waals surface area contributed by atoms with Crippen LogP contribution in [0.3, 0.4) is 0 Å². The van der Waals surface area contributed by atoms with Crippen molar-refractivity contribution >= 4 is 23.0 Å². The first kappa shape index (κ1) is 21.3. The number of methoxy groups -OCH3 is 2. The van der Waals surface area contributed by atoms with Gasteiger partial charge >= 0.3 is 0 Å². The van der Waals surface area contributed by atoms with Crippen molar-refractivity contribution in [3.05, 3.63) is 77.4 Å². The second kappa shape index (κ2) is 9.08. The van der Waals surface area contributed by atoms with Crippen molar-refractivity contribution in [2.75, 3.05) is 25.7 Å². The third-order valence-electron chi connectivity index (χ3n) is 5.88. The molecule has 1 N–H and O–H groups in total. The van der Waals surface area contributed by atoms with Crippen molar-refractivity contribution in [2.45, 2.75) is 32.5 Å². The molecule has 4 rings (SSSR count). The van der Waals surface area contributed by atoms with Gasteiger partial charge in [-0.15, -0.1) is 0 Å². The van der Waals surface area contributed by atoms with E-state index in [1.807, 2.05) is 42.6 Å². The van der Waals surface area contributed by atoms with Gasteiger partial charge in [-0.1, -0.05) is 12.1 Å². The molecule has 2 atom stereocenters. The Balaban J connectivity index is 1.84. The predicted octanol–water partition coefficient (Wildman–Crippen LogP) is 4.33. The lowest BCUT2D eigenvalue weighted by atomic mass is 9.96. The quantitative estimate of drug-likeness (QED) is 0.557. The van der Waals surface area contributed by atoms with Gasteiger partial charge < -0.3 is 24.3 Å². The van der Waals surface area contributed by atoms with Gasteiger partial charge in [0.15, 0.2) is 5.11 Å². The monoisotopic (exact) mass is 436 g/mol. The largest absolute Gasteiger partial charge is 0.497 e. The molecule has 0 radical (unpaired) electrons. The Morgan fingerprint density at radius 3 is 2.65 bits per heavy atom. The first-order valence-corrected chi connectivity index (χ1v) is 10.8. The van der Waals surface area contributed by atoms with E-state index in [4.69, 9.17) is 21.7 Å². The zero-order valence-electron chi connectivity index (χ0n) is 18.3. The lowest BCUT2D eigenvalue weighted by Crippen LogP contribution is -2.29. The summed E-state index contributed by atoms with van der Waals surface area (Å²) in [5.41, 5.74) is 5.58. The molecule has 162 valence electrons. The lowest BCUT2D eigenvalue weighted by Gasteiger charge is -2.28. The second-order valence-electron chi connectivity index (χ2n) is 7.67. The highest BCUT2D eigenvalue weighted by atomic mass is 32.1. The average molecular weight is 437 g/mol. The molecule has 3 aromatic rings. The van der Waals surface area contributed by atoms with Crippen LogP contribution in [0.1, 0.15) is 34.7 Å². The van der Waals surface area contributed by atoms with Crippen LogP contribution in [0.4, 0.5) is 5.69 Å². The Kier molecular flexibility index (Phi) is 6.25. The zero-order valence-corrected chi connectivity index (χ0v) is 19.1. The van der Waals surface area contributed by atoms with Gasteiger partial charge in [0.25, 0.3) is 0 Å². The van der Waals surface area contributed by atoms with Crippen molar-refractivity contribution in [3.63, 3.8) is 0 Å². The number of rotatable bonds is 7. The Bertz CT molecular complexity index is 1070. The molecule has 0 aliphatic carbocycles. The molecule has 2 aromatic heterocycles. The van der Waals surface area contributed by atoms with E-state index in [2.05, 4.69) is 45.7 Å². The normalized spacial score (nSPS) is 18.3. The molecule has 31 heavy (non-hydrogen) atoms. The van der Waals surface area contributed by atoms with E-state index in [9.17, 15) is 0 Å². The minimum atomic E-state index is -0.0729. The Morgan fingerprint density at radius 1 is 1.10 bits per heavy atom. The van der Waals surface area contributed by atoms with E-state index in [1.165, 1.54) is 17.0 Å². The van der Waals surface area contributed by atoms with Crippen LogP contribution < -0.4 is 15.0 Å². The number of ether oxygens (including phenoxy) is 2. The molecule has 6 nitrogen and oxygen atoms in total. The second-order valence-corrected chi connectivity index (χ2v) is 8.06. The molecule has 1 aromatic carbocycles. The van der Waals surface area contributed by atoms with E-state index >= 15 is 0 Å². The number of pyridine rings is 1. The highest BCUT2D eigenvalue weighted by Crippen LogP contribution is 2.43. The van der Waals surface area contributed by atoms with Crippen molar-refractivity contribution < 1.29 is 9.47 Å². The van der Waals surface area contributed by atoms with Gasteiger partial charge in [0.05, 0.1) is 31.5 Å². The highest BCUT2D eigenvalue weighted by molar-refractivity contribution is 7.80. The molecule has 0 bridgehead atoms. The molecule has 0 saturated carbocycles. The van der Waals surface area contributed by atoms with Crippen LogP contribution in [0.2, 0.25) is 0 Å². The van der Waals surface area contributed by atoms with Crippen LogP contribution in [0.25, 0.3) is 0 Å². The molecule has 0 unspecified atom stereocenters. The van der Waals surface area contributed by atoms with Crippen LogP contribution in [-0.2, 0) is 11.3 Å². The number of aryl methyl sites for hydroxylation is 1. The Morgan fingerprint density at radius 2 is 1.94 bits per heavy atom. The van der Waals surface area contributed by atoms with E-state index in [1.54, 1.807) is 14.2 Å². The first-order valence-electron chi connectivity index (χ1n) is 10.4. The summed E-state index contributed by atoms with van der Waals surface area (Å²) in [6.07, 6.45) is 1.83. The number of benzene rings is 1. The summed E-state index contributed by atoms with van der Waals surface area (Å²) in [4.78, 5) is 6.82. The van der Waals surface area contributed by atoms with E-state index in [0.717, 1.165) is 23.7 Å². The van der Waals surface area contributed by atoms with Gasteiger partial charge in [0.1, 0.15) is 5.75 Å². The summed E-state index contributed by atoms with van der Waals surface area (Å²) >= 11 is 5.83. The summed E-state index contributed by atoms with van der Waals surface area (Å²) in [6, 6.07) is 16.2. The molecule has 1 aliphatic heterocycles. The molecule has 1 aliphatic rings. The van der Waals surface area contributed by atoms with Crippen LogP contribution in [0.15, 0.2) is 54.7 Å². The van der Waals surface area contributed by atoms with Crippen LogP contribution in [-0.4, -0.2) is 35.5 Å². The number of hydrogen-bond donors (Lipinski definition) is 1. The maximum absolute atomic E-state index is 5.83. The van der Waals surface area contributed by atoms with Crippen molar-refractivity contribution in [1.82, 2.24) is 14.9 Å². The summed E-state index contributed by atoms with van der Waals surface area (Å²) in [5.74, 6) is 0.797. The van der Waals surface area contributed by atoms with Gasteiger partial charge in [-0.25, -0.2) is 0 Å². The number of hydrogen-bond acceptors (Lipinski definition) is 4. The maximum atomic E-state index is 5.83.